The molecule has 0 spiro atoms. The molecule has 0 aliphatic rings. The van der Waals surface area contributed by atoms with Crippen LogP contribution in [0.25, 0.3) is 0 Å². The van der Waals surface area contributed by atoms with Crippen molar-refractivity contribution in [1.29, 1.82) is 0 Å². The average molecular weight is 258 g/mol. The lowest BCUT2D eigenvalue weighted by Gasteiger charge is -2.05. The molecule has 0 unspecified atom stereocenters. The number of rotatable bonds is 6. The first-order chi connectivity index (χ1) is 8.06. The van der Waals surface area contributed by atoms with Crippen molar-refractivity contribution in [3.8, 4) is 0 Å². The Morgan fingerprint density at radius 1 is 1.59 bits per heavy atom. The summed E-state index contributed by atoms with van der Waals surface area (Å²) in [7, 11) is 5.35. The number of nitrogens with one attached hydrogen (secondary N) is 1. The van der Waals surface area contributed by atoms with Gasteiger partial charge in [-0.25, -0.2) is 4.98 Å². The zero-order chi connectivity index (χ0) is 12.8. The zero-order valence-electron chi connectivity index (χ0n) is 10.3. The summed E-state index contributed by atoms with van der Waals surface area (Å²) in [5.41, 5.74) is 5.70. The number of nitrogens with zero attached hydrogens (tertiary/aromatic N) is 2. The summed E-state index contributed by atoms with van der Waals surface area (Å²) < 4.78 is 4.90. The van der Waals surface area contributed by atoms with E-state index in [4.69, 9.17) is 10.5 Å². The monoisotopic (exact) mass is 258 g/mol. The molecule has 0 aliphatic heterocycles. The molecule has 6 nitrogen and oxygen atoms in total. The van der Waals surface area contributed by atoms with Crippen LogP contribution in [-0.4, -0.2) is 45.2 Å². The van der Waals surface area contributed by atoms with Gasteiger partial charge in [0.05, 0.1) is 0 Å². The SMILES string of the molecule is COCCCNC(=O)c1sc(N(C)C)nc1N. The van der Waals surface area contributed by atoms with Gasteiger partial charge in [-0.1, -0.05) is 11.3 Å². The fourth-order valence-corrected chi connectivity index (χ4v) is 2.00. The summed E-state index contributed by atoms with van der Waals surface area (Å²) in [4.78, 5) is 18.2. The highest BCUT2D eigenvalue weighted by molar-refractivity contribution is 7.18. The molecule has 1 heterocycles. The van der Waals surface area contributed by atoms with Gasteiger partial charge in [-0.05, 0) is 6.42 Å². The number of methoxy groups -OCH3 is 1. The first-order valence-corrected chi connectivity index (χ1v) is 6.08. The molecule has 0 bridgehead atoms. The van der Waals surface area contributed by atoms with Crippen LogP contribution < -0.4 is 16.0 Å². The van der Waals surface area contributed by atoms with Crippen molar-refractivity contribution < 1.29 is 9.53 Å². The van der Waals surface area contributed by atoms with E-state index in [1.54, 1.807) is 7.11 Å². The highest BCUT2D eigenvalue weighted by Gasteiger charge is 2.16. The lowest BCUT2D eigenvalue weighted by atomic mass is 10.4. The van der Waals surface area contributed by atoms with Crippen molar-refractivity contribution >= 4 is 28.2 Å². The molecule has 17 heavy (non-hydrogen) atoms. The highest BCUT2D eigenvalue weighted by atomic mass is 32.1. The van der Waals surface area contributed by atoms with Crippen LogP contribution in [0.3, 0.4) is 0 Å². The number of anilines is 2. The first-order valence-electron chi connectivity index (χ1n) is 5.27. The summed E-state index contributed by atoms with van der Waals surface area (Å²) in [6.07, 6.45) is 0.779. The van der Waals surface area contributed by atoms with Gasteiger partial charge in [0.15, 0.2) is 5.13 Å². The number of carbonyl (C=O) groups is 1. The number of ether oxygens (including phenoxy) is 1. The first kappa shape index (κ1) is 13.7. The number of carbonyl (C=O) groups excluding carboxylic acids is 1. The van der Waals surface area contributed by atoms with Gasteiger partial charge >= 0.3 is 0 Å². The lowest BCUT2D eigenvalue weighted by molar-refractivity contribution is 0.0953. The Hall–Kier alpha value is -1.34. The van der Waals surface area contributed by atoms with E-state index >= 15 is 0 Å². The van der Waals surface area contributed by atoms with E-state index in [1.807, 2.05) is 19.0 Å². The van der Waals surface area contributed by atoms with E-state index in [0.717, 1.165) is 11.6 Å². The zero-order valence-corrected chi connectivity index (χ0v) is 11.1. The van der Waals surface area contributed by atoms with Gasteiger partial charge in [-0.2, -0.15) is 0 Å². The quantitative estimate of drug-likeness (QED) is 0.729. The van der Waals surface area contributed by atoms with Crippen LogP contribution in [0.15, 0.2) is 0 Å². The van der Waals surface area contributed by atoms with Crippen molar-refractivity contribution in [3.05, 3.63) is 4.88 Å². The van der Waals surface area contributed by atoms with Gasteiger partial charge < -0.3 is 20.7 Å². The van der Waals surface area contributed by atoms with Crippen LogP contribution >= 0.6 is 11.3 Å². The summed E-state index contributed by atoms with van der Waals surface area (Å²) in [6, 6.07) is 0. The fourth-order valence-electron chi connectivity index (χ4n) is 1.17. The Kier molecular flexibility index (Phi) is 5.17. The molecule has 1 rings (SSSR count). The number of hydrogen-bond acceptors (Lipinski definition) is 6. The number of thiazole rings is 1. The van der Waals surface area contributed by atoms with Gasteiger partial charge in [0, 0.05) is 34.4 Å². The molecule has 0 fully saturated rings. The second-order valence-corrected chi connectivity index (χ2v) is 4.69. The number of nitrogen functional groups attached to an aromatic ring is 1. The average Bonchev–Trinajstić information content (AvgIpc) is 2.67. The molecule has 0 radical (unpaired) electrons. The molecule has 0 saturated heterocycles. The van der Waals surface area contributed by atoms with Crippen LogP contribution in [0.4, 0.5) is 10.9 Å². The summed E-state index contributed by atoms with van der Waals surface area (Å²) >= 11 is 1.29. The van der Waals surface area contributed by atoms with E-state index in [1.165, 1.54) is 11.3 Å². The minimum atomic E-state index is -0.177. The number of hydrogen-bond donors (Lipinski definition) is 2. The largest absolute Gasteiger partial charge is 0.385 e. The van der Waals surface area contributed by atoms with Crippen LogP contribution in [0.2, 0.25) is 0 Å². The van der Waals surface area contributed by atoms with Crippen molar-refractivity contribution in [2.24, 2.45) is 0 Å². The van der Waals surface area contributed by atoms with Crippen LogP contribution in [0.5, 0.6) is 0 Å². The Labute approximate surface area is 105 Å². The van der Waals surface area contributed by atoms with Crippen molar-refractivity contribution in [3.63, 3.8) is 0 Å². The van der Waals surface area contributed by atoms with Crippen LogP contribution in [0, 0.1) is 0 Å². The second kappa shape index (κ2) is 6.41. The molecular formula is C10H18N4O2S. The van der Waals surface area contributed by atoms with Crippen molar-refractivity contribution in [2.45, 2.75) is 6.42 Å². The standard InChI is InChI=1S/C10H18N4O2S/c1-14(2)10-13-8(11)7(17-10)9(15)12-5-4-6-16-3/h4-6,11H2,1-3H3,(H,12,15). The number of aromatic nitrogens is 1. The summed E-state index contributed by atoms with van der Waals surface area (Å²) in [6.45, 7) is 1.20. The molecule has 0 saturated carbocycles. The van der Waals surface area contributed by atoms with E-state index in [-0.39, 0.29) is 11.7 Å². The second-order valence-electron chi connectivity index (χ2n) is 3.71. The molecule has 0 aromatic carbocycles. The molecule has 1 aromatic rings. The van der Waals surface area contributed by atoms with Gasteiger partial charge in [0.1, 0.15) is 10.7 Å². The topological polar surface area (TPSA) is 80.5 Å². The Bertz CT molecular complexity index is 378. The molecule has 0 atom stereocenters. The number of amides is 1. The molecule has 3 N–H and O–H groups in total. The third-order valence-corrected chi connectivity index (χ3v) is 3.28. The molecule has 0 aliphatic carbocycles. The fraction of sp³-hybridized carbons (Fsp3) is 0.600. The Balaban J connectivity index is 2.56. The maximum atomic E-state index is 11.8. The third kappa shape index (κ3) is 3.86. The maximum absolute atomic E-state index is 11.8. The molecule has 1 aromatic heterocycles. The van der Waals surface area contributed by atoms with E-state index in [0.29, 0.717) is 18.0 Å². The van der Waals surface area contributed by atoms with Gasteiger partial charge in [0.25, 0.3) is 5.91 Å². The van der Waals surface area contributed by atoms with E-state index in [9.17, 15) is 4.79 Å². The molecule has 1 amide bonds. The molecule has 7 heteroatoms. The minimum absolute atomic E-state index is 0.177. The predicted molar refractivity (Wildman–Crippen MR) is 69.7 cm³/mol. The molecule has 96 valence electrons. The molecular weight excluding hydrogens is 240 g/mol. The van der Waals surface area contributed by atoms with Crippen LogP contribution in [0.1, 0.15) is 16.1 Å². The lowest BCUT2D eigenvalue weighted by Crippen LogP contribution is -2.25. The minimum Gasteiger partial charge on any atom is -0.385 e. The number of nitrogens with two attached hydrogens (primary N) is 1. The van der Waals surface area contributed by atoms with Crippen molar-refractivity contribution in [2.75, 3.05) is 45.0 Å². The van der Waals surface area contributed by atoms with Gasteiger partial charge in [0.2, 0.25) is 0 Å². The third-order valence-electron chi connectivity index (χ3n) is 2.04. The van der Waals surface area contributed by atoms with Gasteiger partial charge in [-0.3, -0.25) is 4.79 Å². The highest BCUT2D eigenvalue weighted by Crippen LogP contribution is 2.26. The summed E-state index contributed by atoms with van der Waals surface area (Å²) in [5, 5.41) is 3.51. The Morgan fingerprint density at radius 2 is 2.29 bits per heavy atom. The summed E-state index contributed by atoms with van der Waals surface area (Å²) in [5.74, 6) is 0.104. The maximum Gasteiger partial charge on any atom is 0.265 e. The van der Waals surface area contributed by atoms with Gasteiger partial charge in [-0.15, -0.1) is 0 Å². The van der Waals surface area contributed by atoms with Crippen LogP contribution in [-0.2, 0) is 4.74 Å². The normalized spacial score (nSPS) is 10.3. The van der Waals surface area contributed by atoms with E-state index < -0.39 is 0 Å². The van der Waals surface area contributed by atoms with Crippen molar-refractivity contribution in [1.82, 2.24) is 10.3 Å². The smallest absolute Gasteiger partial charge is 0.265 e. The van der Waals surface area contributed by atoms with E-state index in [2.05, 4.69) is 10.3 Å². The Morgan fingerprint density at radius 3 is 2.82 bits per heavy atom. The predicted octanol–water partition coefficient (Wildman–Crippen LogP) is 0.558.